The second kappa shape index (κ2) is 7.58. The monoisotopic (exact) mass is 245 g/mol. The highest BCUT2D eigenvalue weighted by Gasteiger charge is 2.21. The van der Waals surface area contributed by atoms with Gasteiger partial charge < -0.3 is 5.32 Å². The number of hydrogen-bond donors (Lipinski definition) is 1. The molecule has 1 N–H and O–H groups in total. The molecule has 0 amide bonds. The van der Waals surface area contributed by atoms with E-state index in [9.17, 15) is 0 Å². The van der Waals surface area contributed by atoms with Gasteiger partial charge in [0.2, 0.25) is 0 Å². The predicted octanol–water partition coefficient (Wildman–Crippen LogP) is 4.18. The first-order valence-corrected chi connectivity index (χ1v) is 7.65. The van der Waals surface area contributed by atoms with Crippen molar-refractivity contribution in [3.8, 4) is 0 Å². The van der Waals surface area contributed by atoms with Crippen LogP contribution in [0.15, 0.2) is 30.3 Å². The summed E-state index contributed by atoms with van der Waals surface area (Å²) in [6.07, 6.45) is 9.47. The summed E-state index contributed by atoms with van der Waals surface area (Å²) in [7, 11) is 0. The van der Waals surface area contributed by atoms with E-state index >= 15 is 0 Å². The molecule has 0 heterocycles. The molecule has 0 spiro atoms. The molecule has 0 aromatic heterocycles. The van der Waals surface area contributed by atoms with Gasteiger partial charge in [0.15, 0.2) is 0 Å². The summed E-state index contributed by atoms with van der Waals surface area (Å²) >= 11 is 0. The minimum atomic E-state index is 0.860. The zero-order valence-electron chi connectivity index (χ0n) is 11.7. The molecule has 0 radical (unpaired) electrons. The molecule has 18 heavy (non-hydrogen) atoms. The molecule has 0 aliphatic heterocycles. The maximum atomic E-state index is 3.69. The van der Waals surface area contributed by atoms with Crippen LogP contribution in [-0.4, -0.2) is 12.6 Å². The molecule has 0 bridgehead atoms. The molecule has 1 saturated carbocycles. The lowest BCUT2D eigenvalue weighted by Crippen LogP contribution is -2.24. The maximum absolute atomic E-state index is 3.69. The summed E-state index contributed by atoms with van der Waals surface area (Å²) in [6.45, 7) is 3.55. The fraction of sp³-hybridized carbons (Fsp3) is 0.647. The number of nitrogens with one attached hydrogen (secondary N) is 1. The van der Waals surface area contributed by atoms with Gasteiger partial charge in [0.05, 0.1) is 0 Å². The van der Waals surface area contributed by atoms with Crippen molar-refractivity contribution < 1.29 is 0 Å². The van der Waals surface area contributed by atoms with Crippen LogP contribution in [0.2, 0.25) is 0 Å². The lowest BCUT2D eigenvalue weighted by molar-refractivity contribution is 0.402. The molecule has 1 fully saturated rings. The van der Waals surface area contributed by atoms with Gasteiger partial charge in [-0.05, 0) is 56.6 Å². The Morgan fingerprint density at radius 3 is 2.61 bits per heavy atom. The SMILES string of the molecule is CCCC(CCCc1ccccc1)CNC1CC1. The first-order valence-electron chi connectivity index (χ1n) is 7.65. The summed E-state index contributed by atoms with van der Waals surface area (Å²) in [5, 5.41) is 3.69. The van der Waals surface area contributed by atoms with Crippen molar-refractivity contribution >= 4 is 0 Å². The number of aryl methyl sites for hydroxylation is 1. The number of benzene rings is 1. The number of hydrogen-bond acceptors (Lipinski definition) is 1. The molecule has 1 aliphatic carbocycles. The molecule has 1 heteroatoms. The third kappa shape index (κ3) is 5.22. The van der Waals surface area contributed by atoms with E-state index in [1.54, 1.807) is 0 Å². The largest absolute Gasteiger partial charge is 0.314 e. The van der Waals surface area contributed by atoms with Gasteiger partial charge in [-0.2, -0.15) is 0 Å². The highest BCUT2D eigenvalue weighted by molar-refractivity contribution is 5.14. The predicted molar refractivity (Wildman–Crippen MR) is 78.8 cm³/mol. The van der Waals surface area contributed by atoms with Crippen molar-refractivity contribution in [2.75, 3.05) is 6.54 Å². The van der Waals surface area contributed by atoms with Gasteiger partial charge >= 0.3 is 0 Å². The van der Waals surface area contributed by atoms with E-state index in [1.165, 1.54) is 57.1 Å². The van der Waals surface area contributed by atoms with Gasteiger partial charge in [-0.3, -0.25) is 0 Å². The zero-order valence-corrected chi connectivity index (χ0v) is 11.7. The minimum Gasteiger partial charge on any atom is -0.314 e. The van der Waals surface area contributed by atoms with Gasteiger partial charge in [-0.25, -0.2) is 0 Å². The van der Waals surface area contributed by atoms with Crippen LogP contribution in [0.5, 0.6) is 0 Å². The Balaban J connectivity index is 1.64. The molecule has 2 rings (SSSR count). The molecule has 1 aromatic rings. The molecular weight excluding hydrogens is 218 g/mol. The standard InChI is InChI=1S/C17H27N/c1-2-7-16(14-18-17-12-13-17)11-6-10-15-8-4-3-5-9-15/h3-5,8-9,16-18H,2,6-7,10-14H2,1H3. The van der Waals surface area contributed by atoms with E-state index < -0.39 is 0 Å². The van der Waals surface area contributed by atoms with Gasteiger partial charge in [0.25, 0.3) is 0 Å². The maximum Gasteiger partial charge on any atom is 0.00683 e. The van der Waals surface area contributed by atoms with Crippen molar-refractivity contribution in [1.29, 1.82) is 0 Å². The molecular formula is C17H27N. The van der Waals surface area contributed by atoms with Crippen LogP contribution in [0.1, 0.15) is 51.0 Å². The third-order valence-corrected chi connectivity index (χ3v) is 3.89. The molecule has 100 valence electrons. The Morgan fingerprint density at radius 1 is 1.17 bits per heavy atom. The van der Waals surface area contributed by atoms with E-state index in [1.807, 2.05) is 0 Å². The van der Waals surface area contributed by atoms with E-state index in [2.05, 4.69) is 42.6 Å². The Morgan fingerprint density at radius 2 is 1.94 bits per heavy atom. The Hall–Kier alpha value is -0.820. The van der Waals surface area contributed by atoms with Crippen molar-refractivity contribution in [1.82, 2.24) is 5.32 Å². The smallest absolute Gasteiger partial charge is 0.00683 e. The topological polar surface area (TPSA) is 12.0 Å². The second-order valence-electron chi connectivity index (χ2n) is 5.72. The van der Waals surface area contributed by atoms with Crippen molar-refractivity contribution in [3.05, 3.63) is 35.9 Å². The van der Waals surface area contributed by atoms with Gasteiger partial charge in [0.1, 0.15) is 0 Å². The lowest BCUT2D eigenvalue weighted by Gasteiger charge is -2.16. The third-order valence-electron chi connectivity index (χ3n) is 3.89. The Labute approximate surface area is 112 Å². The zero-order chi connectivity index (χ0) is 12.6. The van der Waals surface area contributed by atoms with Gasteiger partial charge in [-0.15, -0.1) is 0 Å². The van der Waals surface area contributed by atoms with Crippen molar-refractivity contribution in [2.45, 2.75) is 57.9 Å². The summed E-state index contributed by atoms with van der Waals surface area (Å²) in [6, 6.07) is 11.7. The average Bonchev–Trinajstić information content (AvgIpc) is 3.21. The first kappa shape index (κ1) is 13.6. The highest BCUT2D eigenvalue weighted by Crippen LogP contribution is 2.21. The van der Waals surface area contributed by atoms with Crippen LogP contribution in [0.3, 0.4) is 0 Å². The summed E-state index contributed by atoms with van der Waals surface area (Å²) < 4.78 is 0. The van der Waals surface area contributed by atoms with Crippen LogP contribution in [0, 0.1) is 5.92 Å². The van der Waals surface area contributed by atoms with Crippen LogP contribution in [0.25, 0.3) is 0 Å². The quantitative estimate of drug-likeness (QED) is 0.688. The lowest BCUT2D eigenvalue weighted by atomic mass is 9.95. The molecule has 1 atom stereocenters. The summed E-state index contributed by atoms with van der Waals surface area (Å²) in [5.74, 6) is 0.888. The van der Waals surface area contributed by atoms with Crippen LogP contribution < -0.4 is 5.32 Å². The van der Waals surface area contributed by atoms with Gasteiger partial charge in [0, 0.05) is 6.04 Å². The summed E-state index contributed by atoms with van der Waals surface area (Å²) in [4.78, 5) is 0. The fourth-order valence-corrected chi connectivity index (χ4v) is 2.62. The Kier molecular flexibility index (Phi) is 5.73. The fourth-order valence-electron chi connectivity index (χ4n) is 2.62. The average molecular weight is 245 g/mol. The second-order valence-corrected chi connectivity index (χ2v) is 5.72. The molecule has 1 unspecified atom stereocenters. The molecule has 1 nitrogen and oxygen atoms in total. The van der Waals surface area contributed by atoms with E-state index in [0.717, 1.165) is 12.0 Å². The van der Waals surface area contributed by atoms with Gasteiger partial charge in [-0.1, -0.05) is 43.7 Å². The molecule has 0 saturated heterocycles. The minimum absolute atomic E-state index is 0.860. The van der Waals surface area contributed by atoms with Crippen molar-refractivity contribution in [2.24, 2.45) is 5.92 Å². The highest BCUT2D eigenvalue weighted by atomic mass is 14.9. The Bertz CT molecular complexity index is 316. The normalized spacial score (nSPS) is 16.7. The number of rotatable bonds is 9. The van der Waals surface area contributed by atoms with Crippen molar-refractivity contribution in [3.63, 3.8) is 0 Å². The van der Waals surface area contributed by atoms with Crippen LogP contribution in [-0.2, 0) is 6.42 Å². The molecule has 1 aliphatic rings. The van der Waals surface area contributed by atoms with E-state index in [4.69, 9.17) is 0 Å². The van der Waals surface area contributed by atoms with Crippen LogP contribution in [0.4, 0.5) is 0 Å². The van der Waals surface area contributed by atoms with E-state index in [0.29, 0.717) is 0 Å². The van der Waals surface area contributed by atoms with Crippen LogP contribution >= 0.6 is 0 Å². The van der Waals surface area contributed by atoms with E-state index in [-0.39, 0.29) is 0 Å². The summed E-state index contributed by atoms with van der Waals surface area (Å²) in [5.41, 5.74) is 1.49. The molecule has 1 aromatic carbocycles. The first-order chi connectivity index (χ1) is 8.88.